The molecule has 0 atom stereocenters. The predicted octanol–water partition coefficient (Wildman–Crippen LogP) is 4.23. The Hall–Kier alpha value is -2.25. The summed E-state index contributed by atoms with van der Waals surface area (Å²) in [5.74, 6) is 0.342. The first-order valence-electron chi connectivity index (χ1n) is 8.11. The SMILES string of the molecule is Cc1ccc(NS(=O)(=O)c2ccc(NC(=O)NCC(C)C)cc2)cc1Cl. The molecule has 0 saturated heterocycles. The fourth-order valence-corrected chi connectivity index (χ4v) is 3.29. The second-order valence-corrected chi connectivity index (χ2v) is 8.41. The Labute approximate surface area is 159 Å². The van der Waals surface area contributed by atoms with Crippen molar-refractivity contribution in [1.29, 1.82) is 0 Å². The Morgan fingerprint density at radius 1 is 1.08 bits per heavy atom. The van der Waals surface area contributed by atoms with Crippen molar-refractivity contribution in [2.24, 2.45) is 5.92 Å². The van der Waals surface area contributed by atoms with E-state index in [1.807, 2.05) is 20.8 Å². The van der Waals surface area contributed by atoms with Crippen molar-refractivity contribution in [2.45, 2.75) is 25.7 Å². The molecule has 0 fully saturated rings. The van der Waals surface area contributed by atoms with E-state index >= 15 is 0 Å². The van der Waals surface area contributed by atoms with Crippen molar-refractivity contribution >= 4 is 39.0 Å². The topological polar surface area (TPSA) is 87.3 Å². The van der Waals surface area contributed by atoms with Gasteiger partial charge in [-0.15, -0.1) is 0 Å². The van der Waals surface area contributed by atoms with E-state index in [1.165, 1.54) is 24.3 Å². The molecule has 0 aliphatic rings. The number of carbonyl (C=O) groups excluding carboxylic acids is 1. The molecule has 0 bridgehead atoms. The van der Waals surface area contributed by atoms with Crippen molar-refractivity contribution in [3.63, 3.8) is 0 Å². The highest BCUT2D eigenvalue weighted by atomic mass is 35.5. The molecule has 140 valence electrons. The van der Waals surface area contributed by atoms with Crippen LogP contribution in [-0.2, 0) is 10.0 Å². The second kappa shape index (κ2) is 8.42. The van der Waals surface area contributed by atoms with E-state index in [9.17, 15) is 13.2 Å². The molecule has 2 amide bonds. The first-order chi connectivity index (χ1) is 12.2. The smallest absolute Gasteiger partial charge is 0.319 e. The van der Waals surface area contributed by atoms with Gasteiger partial charge in [-0.2, -0.15) is 0 Å². The third-order valence-electron chi connectivity index (χ3n) is 3.52. The number of anilines is 2. The van der Waals surface area contributed by atoms with Gasteiger partial charge in [0.1, 0.15) is 0 Å². The van der Waals surface area contributed by atoms with Gasteiger partial charge in [0, 0.05) is 17.3 Å². The number of sulfonamides is 1. The number of hydrogen-bond acceptors (Lipinski definition) is 3. The van der Waals surface area contributed by atoms with Crippen LogP contribution in [0.4, 0.5) is 16.2 Å². The Balaban J connectivity index is 2.06. The monoisotopic (exact) mass is 395 g/mol. The lowest BCUT2D eigenvalue weighted by atomic mass is 10.2. The summed E-state index contributed by atoms with van der Waals surface area (Å²) in [4.78, 5) is 11.8. The molecule has 0 unspecified atom stereocenters. The van der Waals surface area contributed by atoms with Crippen LogP contribution < -0.4 is 15.4 Å². The maximum atomic E-state index is 12.5. The molecule has 26 heavy (non-hydrogen) atoms. The van der Waals surface area contributed by atoms with E-state index in [4.69, 9.17) is 11.6 Å². The van der Waals surface area contributed by atoms with E-state index in [1.54, 1.807) is 18.2 Å². The molecule has 0 aliphatic heterocycles. The zero-order chi connectivity index (χ0) is 19.3. The van der Waals surface area contributed by atoms with Gasteiger partial charge in [0.2, 0.25) is 0 Å². The molecule has 2 aromatic carbocycles. The average molecular weight is 396 g/mol. The van der Waals surface area contributed by atoms with Crippen molar-refractivity contribution in [3.05, 3.63) is 53.1 Å². The minimum atomic E-state index is -3.75. The van der Waals surface area contributed by atoms with E-state index in [0.29, 0.717) is 28.9 Å². The maximum Gasteiger partial charge on any atom is 0.319 e. The van der Waals surface area contributed by atoms with Gasteiger partial charge >= 0.3 is 6.03 Å². The summed E-state index contributed by atoms with van der Waals surface area (Å²) in [5.41, 5.74) is 1.75. The third kappa shape index (κ3) is 5.64. The van der Waals surface area contributed by atoms with Crippen LogP contribution in [0.3, 0.4) is 0 Å². The number of halogens is 1. The molecule has 0 spiro atoms. The van der Waals surface area contributed by atoms with Gasteiger partial charge in [0.15, 0.2) is 0 Å². The minimum absolute atomic E-state index is 0.0855. The van der Waals surface area contributed by atoms with Gasteiger partial charge in [-0.3, -0.25) is 4.72 Å². The van der Waals surface area contributed by atoms with E-state index in [-0.39, 0.29) is 10.9 Å². The first-order valence-corrected chi connectivity index (χ1v) is 9.97. The summed E-state index contributed by atoms with van der Waals surface area (Å²) in [6, 6.07) is 10.5. The summed E-state index contributed by atoms with van der Waals surface area (Å²) >= 11 is 6.02. The number of carbonyl (C=O) groups is 1. The lowest BCUT2D eigenvalue weighted by molar-refractivity contribution is 0.251. The van der Waals surface area contributed by atoms with Gasteiger partial charge in [-0.05, 0) is 54.8 Å². The zero-order valence-electron chi connectivity index (χ0n) is 14.8. The Morgan fingerprint density at radius 3 is 2.27 bits per heavy atom. The predicted molar refractivity (Wildman–Crippen MR) is 105 cm³/mol. The maximum absolute atomic E-state index is 12.5. The van der Waals surface area contributed by atoms with Crippen LogP contribution in [0, 0.1) is 12.8 Å². The highest BCUT2D eigenvalue weighted by Crippen LogP contribution is 2.23. The summed E-state index contributed by atoms with van der Waals surface area (Å²) in [5, 5.41) is 5.86. The lowest BCUT2D eigenvalue weighted by Crippen LogP contribution is -2.31. The van der Waals surface area contributed by atoms with Gasteiger partial charge < -0.3 is 10.6 Å². The third-order valence-corrected chi connectivity index (χ3v) is 5.32. The van der Waals surface area contributed by atoms with Gasteiger partial charge in [0.25, 0.3) is 10.0 Å². The number of rotatable bonds is 6. The zero-order valence-corrected chi connectivity index (χ0v) is 16.4. The molecule has 2 aromatic rings. The molecular weight excluding hydrogens is 374 g/mol. The van der Waals surface area contributed by atoms with Gasteiger partial charge in [-0.25, -0.2) is 13.2 Å². The highest BCUT2D eigenvalue weighted by molar-refractivity contribution is 7.92. The quantitative estimate of drug-likeness (QED) is 0.684. The van der Waals surface area contributed by atoms with Crippen LogP contribution in [0.5, 0.6) is 0 Å². The lowest BCUT2D eigenvalue weighted by Gasteiger charge is -2.11. The number of nitrogens with one attached hydrogen (secondary N) is 3. The van der Waals surface area contributed by atoms with Gasteiger partial charge in [-0.1, -0.05) is 31.5 Å². The summed E-state index contributed by atoms with van der Waals surface area (Å²) in [6.07, 6.45) is 0. The average Bonchev–Trinajstić information content (AvgIpc) is 2.56. The van der Waals surface area contributed by atoms with Crippen molar-refractivity contribution in [2.75, 3.05) is 16.6 Å². The Bertz CT molecular complexity index is 881. The number of hydrogen-bond donors (Lipinski definition) is 3. The molecule has 2 rings (SSSR count). The number of aryl methyl sites for hydroxylation is 1. The van der Waals surface area contributed by atoms with Crippen LogP contribution in [0.2, 0.25) is 5.02 Å². The molecule has 0 saturated carbocycles. The molecule has 8 heteroatoms. The van der Waals surface area contributed by atoms with Crippen molar-refractivity contribution in [3.8, 4) is 0 Å². The van der Waals surface area contributed by atoms with E-state index in [2.05, 4.69) is 15.4 Å². The first kappa shape index (κ1) is 20.1. The summed E-state index contributed by atoms with van der Waals surface area (Å²) < 4.78 is 27.4. The van der Waals surface area contributed by atoms with Crippen LogP contribution in [0.1, 0.15) is 19.4 Å². The molecule has 0 aromatic heterocycles. The molecular formula is C18H22ClN3O3S. The van der Waals surface area contributed by atoms with Crippen LogP contribution >= 0.6 is 11.6 Å². The second-order valence-electron chi connectivity index (χ2n) is 6.32. The Morgan fingerprint density at radius 2 is 1.69 bits per heavy atom. The van der Waals surface area contributed by atoms with Gasteiger partial charge in [0.05, 0.1) is 10.6 Å². The normalized spacial score (nSPS) is 11.3. The number of benzene rings is 2. The molecule has 0 aliphatic carbocycles. The summed E-state index contributed by atoms with van der Waals surface area (Å²) in [7, 11) is -3.75. The molecule has 6 nitrogen and oxygen atoms in total. The highest BCUT2D eigenvalue weighted by Gasteiger charge is 2.15. The Kier molecular flexibility index (Phi) is 6.50. The van der Waals surface area contributed by atoms with Crippen LogP contribution in [0.25, 0.3) is 0 Å². The number of amides is 2. The van der Waals surface area contributed by atoms with Crippen molar-refractivity contribution in [1.82, 2.24) is 5.32 Å². The van der Waals surface area contributed by atoms with Crippen LogP contribution in [-0.4, -0.2) is 21.0 Å². The standard InChI is InChI=1S/C18H22ClN3O3S/c1-12(2)11-20-18(23)21-14-6-8-16(9-7-14)26(24,25)22-15-5-4-13(3)17(19)10-15/h4-10,12,22H,11H2,1-3H3,(H2,20,21,23). The van der Waals surface area contributed by atoms with E-state index in [0.717, 1.165) is 5.56 Å². The fraction of sp³-hybridized carbons (Fsp3) is 0.278. The summed E-state index contributed by atoms with van der Waals surface area (Å²) in [6.45, 7) is 6.38. The molecule has 3 N–H and O–H groups in total. The number of urea groups is 1. The fourth-order valence-electron chi connectivity index (χ4n) is 2.06. The minimum Gasteiger partial charge on any atom is -0.338 e. The largest absolute Gasteiger partial charge is 0.338 e. The van der Waals surface area contributed by atoms with E-state index < -0.39 is 10.0 Å². The molecule has 0 radical (unpaired) electrons. The molecule has 0 heterocycles. The van der Waals surface area contributed by atoms with Crippen molar-refractivity contribution < 1.29 is 13.2 Å². The van der Waals surface area contributed by atoms with Crippen LogP contribution in [0.15, 0.2) is 47.4 Å².